The van der Waals surface area contributed by atoms with Gasteiger partial charge in [-0.2, -0.15) is 0 Å². The Labute approximate surface area is 328 Å². The minimum atomic E-state index is 1.12. The van der Waals surface area contributed by atoms with Crippen molar-refractivity contribution in [2.45, 2.75) is 13.8 Å². The van der Waals surface area contributed by atoms with Crippen LogP contribution in [0.5, 0.6) is 0 Å². The van der Waals surface area contributed by atoms with Gasteiger partial charge in [-0.1, -0.05) is 157 Å². The van der Waals surface area contributed by atoms with Gasteiger partial charge in [-0.3, -0.25) is 0 Å². The molecular formula is C54H40N2. The van der Waals surface area contributed by atoms with E-state index in [-0.39, 0.29) is 0 Å². The van der Waals surface area contributed by atoms with Crippen LogP contribution in [0.1, 0.15) is 11.1 Å². The molecule has 0 saturated heterocycles. The van der Waals surface area contributed by atoms with Gasteiger partial charge >= 0.3 is 0 Å². The summed E-state index contributed by atoms with van der Waals surface area (Å²) in [5.41, 5.74) is 14.1. The second-order valence-electron chi connectivity index (χ2n) is 14.8. The molecule has 266 valence electrons. The largest absolute Gasteiger partial charge is 0.310 e. The van der Waals surface area contributed by atoms with E-state index < -0.39 is 0 Å². The number of anilines is 6. The number of rotatable bonds is 8. The summed E-state index contributed by atoms with van der Waals surface area (Å²) in [5, 5.41) is 7.47. The summed E-state index contributed by atoms with van der Waals surface area (Å²) in [6.07, 6.45) is 0. The van der Waals surface area contributed by atoms with E-state index in [1.807, 2.05) is 0 Å². The van der Waals surface area contributed by atoms with Crippen LogP contribution in [0.15, 0.2) is 206 Å². The molecule has 2 nitrogen and oxygen atoms in total. The topological polar surface area (TPSA) is 6.48 Å². The summed E-state index contributed by atoms with van der Waals surface area (Å²) in [4.78, 5) is 4.82. The van der Waals surface area contributed by atoms with Gasteiger partial charge in [-0.05, 0) is 118 Å². The van der Waals surface area contributed by atoms with E-state index in [4.69, 9.17) is 0 Å². The highest BCUT2D eigenvalue weighted by molar-refractivity contribution is 6.28. The summed E-state index contributed by atoms with van der Waals surface area (Å²) < 4.78 is 0. The Morgan fingerprint density at radius 1 is 0.268 bits per heavy atom. The summed E-state index contributed by atoms with van der Waals surface area (Å²) in [5.74, 6) is 0. The second-order valence-corrected chi connectivity index (χ2v) is 14.8. The van der Waals surface area contributed by atoms with Crippen molar-refractivity contribution in [1.82, 2.24) is 0 Å². The molecule has 0 saturated carbocycles. The molecule has 0 aliphatic heterocycles. The van der Waals surface area contributed by atoms with Crippen LogP contribution in [0.2, 0.25) is 0 Å². The zero-order valence-electron chi connectivity index (χ0n) is 31.5. The highest BCUT2D eigenvalue weighted by atomic mass is 15.1. The average Bonchev–Trinajstić information content (AvgIpc) is 3.26. The normalized spacial score (nSPS) is 11.4. The first-order valence-electron chi connectivity index (χ1n) is 19.3. The molecule has 0 aliphatic carbocycles. The summed E-state index contributed by atoms with van der Waals surface area (Å²) >= 11 is 0. The molecule has 0 heterocycles. The number of benzene rings is 10. The molecule has 0 atom stereocenters. The van der Waals surface area contributed by atoms with Crippen LogP contribution in [0, 0.1) is 13.8 Å². The molecule has 2 heteroatoms. The third-order valence-corrected chi connectivity index (χ3v) is 11.1. The van der Waals surface area contributed by atoms with Crippen LogP contribution < -0.4 is 9.80 Å². The highest BCUT2D eigenvalue weighted by Gasteiger charge is 2.22. The van der Waals surface area contributed by atoms with Crippen molar-refractivity contribution < 1.29 is 0 Å². The minimum Gasteiger partial charge on any atom is -0.310 e. The fraction of sp³-hybridized carbons (Fsp3) is 0.0370. The summed E-state index contributed by atoms with van der Waals surface area (Å²) in [7, 11) is 0. The van der Waals surface area contributed by atoms with Crippen LogP contribution in [0.3, 0.4) is 0 Å². The van der Waals surface area contributed by atoms with Gasteiger partial charge in [0.1, 0.15) is 0 Å². The third-order valence-electron chi connectivity index (χ3n) is 11.1. The fourth-order valence-electron chi connectivity index (χ4n) is 8.27. The van der Waals surface area contributed by atoms with E-state index in [1.54, 1.807) is 0 Å². The molecule has 0 bridgehead atoms. The van der Waals surface area contributed by atoms with Gasteiger partial charge in [-0.15, -0.1) is 0 Å². The predicted molar refractivity (Wildman–Crippen MR) is 240 cm³/mol. The van der Waals surface area contributed by atoms with E-state index >= 15 is 0 Å². The SMILES string of the molecule is Cc1ccc(N(c2ccc(-c3ccccc3)cc2)c2ccc3ccc4c(N(c5ccc(C)cc5)c5ccc(-c6ccccc6)cc5)ccc5ccc2c3c54)cc1. The maximum Gasteiger partial charge on any atom is 0.0540 e. The van der Waals surface area contributed by atoms with E-state index in [0.29, 0.717) is 0 Å². The molecule has 0 N–H and O–H groups in total. The molecule has 10 aromatic carbocycles. The molecule has 0 aliphatic rings. The lowest BCUT2D eigenvalue weighted by molar-refractivity contribution is 1.29. The first kappa shape index (κ1) is 33.4. The molecule has 10 aromatic rings. The van der Waals surface area contributed by atoms with E-state index in [1.165, 1.54) is 65.7 Å². The number of nitrogens with zero attached hydrogens (tertiary/aromatic N) is 2. The Bertz CT molecular complexity index is 2730. The molecule has 0 unspecified atom stereocenters. The van der Waals surface area contributed by atoms with E-state index in [2.05, 4.69) is 230 Å². The van der Waals surface area contributed by atoms with Gasteiger partial charge in [-0.25, -0.2) is 0 Å². The zero-order chi connectivity index (χ0) is 37.6. The minimum absolute atomic E-state index is 1.12. The first-order valence-corrected chi connectivity index (χ1v) is 19.3. The Balaban J connectivity index is 1.16. The van der Waals surface area contributed by atoms with Gasteiger partial charge in [0.25, 0.3) is 0 Å². The molecule has 0 fully saturated rings. The summed E-state index contributed by atoms with van der Waals surface area (Å²) in [6.45, 7) is 4.29. The molecule has 0 radical (unpaired) electrons. The van der Waals surface area contributed by atoms with Crippen LogP contribution >= 0.6 is 0 Å². The molecular weight excluding hydrogens is 677 g/mol. The number of hydrogen-bond donors (Lipinski definition) is 0. The fourth-order valence-corrected chi connectivity index (χ4v) is 8.27. The lowest BCUT2D eigenvalue weighted by Gasteiger charge is -2.29. The van der Waals surface area contributed by atoms with Gasteiger partial charge in [0.2, 0.25) is 0 Å². The number of aryl methyl sites for hydroxylation is 2. The van der Waals surface area contributed by atoms with Crippen LogP contribution in [0.4, 0.5) is 34.1 Å². The summed E-state index contributed by atoms with van der Waals surface area (Å²) in [6, 6.07) is 75.3. The van der Waals surface area contributed by atoms with Crippen LogP contribution in [0.25, 0.3) is 54.6 Å². The standard InChI is InChI=1S/C54H40N2/c1-37-13-25-45(26-14-37)55(47-29-17-41(18-30-47)39-9-5-3-6-10-39)51-35-23-43-22-34-50-52(36-24-44-21-33-49(51)53(43)54(44)50)56(46-27-15-38(2)16-28-46)48-31-19-42(20-32-48)40-11-7-4-8-12-40/h3-36H,1-2H3. The van der Waals surface area contributed by atoms with Gasteiger partial charge < -0.3 is 9.80 Å². The maximum absolute atomic E-state index is 2.41. The monoisotopic (exact) mass is 716 g/mol. The lowest BCUT2D eigenvalue weighted by atomic mass is 9.91. The smallest absolute Gasteiger partial charge is 0.0540 e. The van der Waals surface area contributed by atoms with Crippen molar-refractivity contribution >= 4 is 66.4 Å². The number of hydrogen-bond acceptors (Lipinski definition) is 2. The maximum atomic E-state index is 2.41. The molecule has 0 aromatic heterocycles. The first-order chi connectivity index (χ1) is 27.6. The van der Waals surface area contributed by atoms with Crippen molar-refractivity contribution in [3.8, 4) is 22.3 Å². The predicted octanol–water partition coefficient (Wildman–Crippen LogP) is 15.5. The van der Waals surface area contributed by atoms with Crippen LogP contribution in [-0.4, -0.2) is 0 Å². The van der Waals surface area contributed by atoms with Crippen molar-refractivity contribution in [1.29, 1.82) is 0 Å². The lowest BCUT2D eigenvalue weighted by Crippen LogP contribution is -2.11. The van der Waals surface area contributed by atoms with Gasteiger partial charge in [0.05, 0.1) is 11.4 Å². The zero-order valence-corrected chi connectivity index (χ0v) is 31.5. The average molecular weight is 717 g/mol. The third kappa shape index (κ3) is 5.93. The van der Waals surface area contributed by atoms with Crippen LogP contribution in [-0.2, 0) is 0 Å². The Morgan fingerprint density at radius 3 is 0.929 bits per heavy atom. The Hall–Kier alpha value is -7.16. The van der Waals surface area contributed by atoms with Crippen molar-refractivity contribution in [2.75, 3.05) is 9.80 Å². The Kier molecular flexibility index (Phi) is 8.30. The molecule has 56 heavy (non-hydrogen) atoms. The van der Waals surface area contributed by atoms with Gasteiger partial charge in [0, 0.05) is 33.5 Å². The van der Waals surface area contributed by atoms with Crippen molar-refractivity contribution in [2.24, 2.45) is 0 Å². The molecule has 0 amide bonds. The van der Waals surface area contributed by atoms with E-state index in [9.17, 15) is 0 Å². The van der Waals surface area contributed by atoms with E-state index in [0.717, 1.165) is 34.1 Å². The second kappa shape index (κ2) is 13.9. The molecule has 0 spiro atoms. The van der Waals surface area contributed by atoms with Crippen molar-refractivity contribution in [3.05, 3.63) is 217 Å². The quantitative estimate of drug-likeness (QED) is 0.144. The Morgan fingerprint density at radius 2 is 0.571 bits per heavy atom. The van der Waals surface area contributed by atoms with Gasteiger partial charge in [0.15, 0.2) is 0 Å². The highest BCUT2D eigenvalue weighted by Crippen LogP contribution is 2.47. The molecule has 10 rings (SSSR count). The van der Waals surface area contributed by atoms with Crippen molar-refractivity contribution in [3.63, 3.8) is 0 Å².